The molecule has 9 rings (SSSR count). The topological polar surface area (TPSA) is 23.0 Å². The molecule has 0 N–H and O–H groups in total. The number of benzene rings is 5. The minimum absolute atomic E-state index is 0.492. The highest BCUT2D eigenvalue weighted by molar-refractivity contribution is 6.13. The Kier molecular flexibility index (Phi) is 4.37. The van der Waals surface area contributed by atoms with Crippen molar-refractivity contribution in [1.29, 1.82) is 0 Å². The molecule has 3 nitrogen and oxygen atoms in total. The highest BCUT2D eigenvalue weighted by atomic mass is 16.3. The fourth-order valence-electron chi connectivity index (χ4n) is 6.90. The SMILES string of the molecule is CC1C=Cc2c(n(-c3cc(-n4c5ccccc5c5ccccc54)c4oc5ccccc5c4c3)c3ccccc23)C1. The molecule has 1 aliphatic carbocycles. The van der Waals surface area contributed by atoms with E-state index in [4.69, 9.17) is 4.42 Å². The number of allylic oxidation sites excluding steroid dienone is 1. The van der Waals surface area contributed by atoms with E-state index in [1.807, 2.05) is 0 Å². The fourth-order valence-corrected chi connectivity index (χ4v) is 6.90. The van der Waals surface area contributed by atoms with E-state index in [0.717, 1.165) is 39.7 Å². The first-order valence-electron chi connectivity index (χ1n) is 14.0. The van der Waals surface area contributed by atoms with Crippen LogP contribution in [0.1, 0.15) is 18.2 Å². The lowest BCUT2D eigenvalue weighted by atomic mass is 9.95. The molecular weight excluding hydrogens is 488 g/mol. The van der Waals surface area contributed by atoms with E-state index in [1.54, 1.807) is 0 Å². The highest BCUT2D eigenvalue weighted by Crippen LogP contribution is 2.41. The molecule has 1 aliphatic rings. The zero-order valence-corrected chi connectivity index (χ0v) is 22.1. The van der Waals surface area contributed by atoms with E-state index in [0.29, 0.717) is 5.92 Å². The summed E-state index contributed by atoms with van der Waals surface area (Å²) in [6, 6.07) is 39.2. The van der Waals surface area contributed by atoms with E-state index in [1.165, 1.54) is 44.0 Å². The molecular formula is C37H26N2O. The molecule has 8 aromatic rings. The third-order valence-corrected chi connectivity index (χ3v) is 8.65. The number of hydrogen-bond acceptors (Lipinski definition) is 1. The van der Waals surface area contributed by atoms with Gasteiger partial charge in [-0.2, -0.15) is 0 Å². The predicted molar refractivity (Wildman–Crippen MR) is 167 cm³/mol. The minimum atomic E-state index is 0.492. The molecule has 190 valence electrons. The van der Waals surface area contributed by atoms with Crippen LogP contribution < -0.4 is 0 Å². The number of rotatable bonds is 2. The summed E-state index contributed by atoms with van der Waals surface area (Å²) in [5.74, 6) is 0.492. The van der Waals surface area contributed by atoms with E-state index in [9.17, 15) is 0 Å². The van der Waals surface area contributed by atoms with Gasteiger partial charge in [-0.1, -0.05) is 91.9 Å². The summed E-state index contributed by atoms with van der Waals surface area (Å²) in [5, 5.41) is 6.07. The predicted octanol–water partition coefficient (Wildman–Crippen LogP) is 9.83. The molecule has 0 amide bonds. The van der Waals surface area contributed by atoms with Crippen LogP contribution in [0.2, 0.25) is 0 Å². The Morgan fingerprint density at radius 3 is 1.95 bits per heavy atom. The summed E-state index contributed by atoms with van der Waals surface area (Å²) < 4.78 is 11.5. The smallest absolute Gasteiger partial charge is 0.159 e. The van der Waals surface area contributed by atoms with Crippen LogP contribution >= 0.6 is 0 Å². The van der Waals surface area contributed by atoms with Crippen molar-refractivity contribution in [3.63, 3.8) is 0 Å². The van der Waals surface area contributed by atoms with Crippen molar-refractivity contribution in [2.24, 2.45) is 5.92 Å². The Labute approximate surface area is 231 Å². The van der Waals surface area contributed by atoms with Crippen LogP contribution in [0.5, 0.6) is 0 Å². The first kappa shape index (κ1) is 21.9. The van der Waals surface area contributed by atoms with Gasteiger partial charge in [0.05, 0.1) is 22.2 Å². The van der Waals surface area contributed by atoms with Gasteiger partial charge in [0.25, 0.3) is 0 Å². The van der Waals surface area contributed by atoms with Gasteiger partial charge in [0, 0.05) is 43.9 Å². The maximum absolute atomic E-state index is 6.65. The van der Waals surface area contributed by atoms with E-state index < -0.39 is 0 Å². The average Bonchev–Trinajstić information content (AvgIpc) is 3.64. The lowest BCUT2D eigenvalue weighted by Gasteiger charge is -2.18. The minimum Gasteiger partial charge on any atom is -0.454 e. The van der Waals surface area contributed by atoms with Crippen molar-refractivity contribution in [2.75, 3.05) is 0 Å². The van der Waals surface area contributed by atoms with Crippen LogP contribution in [0, 0.1) is 5.92 Å². The van der Waals surface area contributed by atoms with Gasteiger partial charge in [0.1, 0.15) is 5.58 Å². The van der Waals surface area contributed by atoms with Crippen molar-refractivity contribution >= 4 is 60.7 Å². The maximum Gasteiger partial charge on any atom is 0.159 e. The van der Waals surface area contributed by atoms with Crippen LogP contribution in [0.15, 0.2) is 120 Å². The van der Waals surface area contributed by atoms with Gasteiger partial charge >= 0.3 is 0 Å². The average molecular weight is 515 g/mol. The van der Waals surface area contributed by atoms with Crippen LogP contribution in [-0.2, 0) is 6.42 Å². The first-order chi connectivity index (χ1) is 19.8. The van der Waals surface area contributed by atoms with Gasteiger partial charge in [-0.25, -0.2) is 0 Å². The second-order valence-electron chi connectivity index (χ2n) is 11.1. The van der Waals surface area contributed by atoms with Crippen LogP contribution in [0.3, 0.4) is 0 Å². The zero-order valence-electron chi connectivity index (χ0n) is 22.1. The summed E-state index contributed by atoms with van der Waals surface area (Å²) in [6.07, 6.45) is 5.67. The number of nitrogens with zero attached hydrogens (tertiary/aromatic N) is 2. The molecule has 0 aliphatic heterocycles. The Morgan fingerprint density at radius 2 is 1.23 bits per heavy atom. The molecule has 3 heterocycles. The largest absolute Gasteiger partial charge is 0.454 e. The summed E-state index contributed by atoms with van der Waals surface area (Å²) in [4.78, 5) is 0. The maximum atomic E-state index is 6.65. The van der Waals surface area contributed by atoms with Crippen LogP contribution in [-0.4, -0.2) is 9.13 Å². The molecule has 0 spiro atoms. The van der Waals surface area contributed by atoms with Gasteiger partial charge in [0.2, 0.25) is 0 Å². The van der Waals surface area contributed by atoms with Crippen LogP contribution in [0.25, 0.3) is 72.1 Å². The summed E-state index contributed by atoms with van der Waals surface area (Å²) in [5.41, 5.74) is 10.4. The third-order valence-electron chi connectivity index (χ3n) is 8.65. The lowest BCUT2D eigenvalue weighted by Crippen LogP contribution is -2.09. The number of para-hydroxylation sites is 4. The first-order valence-corrected chi connectivity index (χ1v) is 14.0. The van der Waals surface area contributed by atoms with Gasteiger partial charge < -0.3 is 13.6 Å². The molecule has 0 saturated carbocycles. The number of hydrogen-bond donors (Lipinski definition) is 0. The molecule has 40 heavy (non-hydrogen) atoms. The normalized spacial score (nSPS) is 15.2. The summed E-state index contributed by atoms with van der Waals surface area (Å²) >= 11 is 0. The van der Waals surface area contributed by atoms with Gasteiger partial charge in [-0.15, -0.1) is 0 Å². The zero-order chi connectivity index (χ0) is 26.4. The lowest BCUT2D eigenvalue weighted by molar-refractivity contribution is 0.666. The Bertz CT molecular complexity index is 2270. The standard InChI is InChI=1S/C37H26N2O/c1-23-18-19-28-27-12-2-6-14-31(27)38(34(28)20-23)24-21-30-29-13-5-9-17-36(29)40-37(30)35(22-24)39-32-15-7-3-10-25(32)26-11-4-8-16-33(26)39/h2-19,21-23H,20H2,1H3. The molecule has 0 fully saturated rings. The number of aromatic nitrogens is 2. The Morgan fingerprint density at radius 1 is 0.625 bits per heavy atom. The van der Waals surface area contributed by atoms with Crippen molar-refractivity contribution in [3.05, 3.63) is 127 Å². The van der Waals surface area contributed by atoms with Gasteiger partial charge in [0.15, 0.2) is 5.58 Å². The number of furan rings is 1. The molecule has 0 saturated heterocycles. The highest BCUT2D eigenvalue weighted by Gasteiger charge is 2.24. The molecule has 5 aromatic carbocycles. The Balaban J connectivity index is 1.47. The summed E-state index contributed by atoms with van der Waals surface area (Å²) in [7, 11) is 0. The summed E-state index contributed by atoms with van der Waals surface area (Å²) in [6.45, 7) is 2.30. The van der Waals surface area contributed by atoms with Crippen LogP contribution in [0.4, 0.5) is 0 Å². The molecule has 1 unspecified atom stereocenters. The molecule has 0 bridgehead atoms. The molecule has 1 atom stereocenters. The van der Waals surface area contributed by atoms with Crippen molar-refractivity contribution in [2.45, 2.75) is 13.3 Å². The molecule has 3 aromatic heterocycles. The number of fused-ring (bicyclic) bond motifs is 9. The van der Waals surface area contributed by atoms with E-state index in [-0.39, 0.29) is 0 Å². The monoisotopic (exact) mass is 514 g/mol. The third kappa shape index (κ3) is 2.89. The van der Waals surface area contributed by atoms with Crippen molar-refractivity contribution in [3.8, 4) is 11.4 Å². The Hall–Kier alpha value is -5.02. The quantitative estimate of drug-likeness (QED) is 0.225. The van der Waals surface area contributed by atoms with Crippen molar-refractivity contribution < 1.29 is 4.42 Å². The fraction of sp³-hybridized carbons (Fsp3) is 0.0811. The molecule has 0 radical (unpaired) electrons. The van der Waals surface area contributed by atoms with Crippen molar-refractivity contribution in [1.82, 2.24) is 9.13 Å². The second kappa shape index (κ2) is 8.00. The molecule has 3 heteroatoms. The van der Waals surface area contributed by atoms with E-state index >= 15 is 0 Å². The van der Waals surface area contributed by atoms with Gasteiger partial charge in [-0.05, 0) is 48.7 Å². The van der Waals surface area contributed by atoms with E-state index in [2.05, 4.69) is 137 Å². The van der Waals surface area contributed by atoms with Gasteiger partial charge in [-0.3, -0.25) is 0 Å². The second-order valence-corrected chi connectivity index (χ2v) is 11.1.